The Balaban J connectivity index is 2.13. The number of nitrogens with one attached hydrogen (secondary N) is 1. The third-order valence-electron chi connectivity index (χ3n) is 2.38. The second-order valence-electron chi connectivity index (χ2n) is 3.69. The van der Waals surface area contributed by atoms with Gasteiger partial charge in [0.25, 0.3) is 0 Å². The van der Waals surface area contributed by atoms with E-state index in [2.05, 4.69) is 26.2 Å². The number of pyridine rings is 1. The minimum absolute atomic E-state index is 0.0347. The van der Waals surface area contributed by atoms with Gasteiger partial charge in [-0.1, -0.05) is 28.1 Å². The molecule has 0 radical (unpaired) electrons. The first-order valence-electron chi connectivity index (χ1n) is 5.33. The number of carboxylic acids is 1. The highest BCUT2D eigenvalue weighted by molar-refractivity contribution is 9.10. The number of carbonyl (C=O) groups is 1. The highest BCUT2D eigenvalue weighted by Crippen LogP contribution is 2.16. The Labute approximate surface area is 113 Å². The Morgan fingerprint density at radius 2 is 2.17 bits per heavy atom. The highest BCUT2D eigenvalue weighted by atomic mass is 79.9. The summed E-state index contributed by atoms with van der Waals surface area (Å²) in [6, 6.07) is 11.2. The molecule has 18 heavy (non-hydrogen) atoms. The molecule has 1 heterocycles. The molecule has 0 bridgehead atoms. The van der Waals surface area contributed by atoms with Gasteiger partial charge in [0.2, 0.25) is 0 Å². The molecule has 2 N–H and O–H groups in total. The molecule has 0 aliphatic heterocycles. The summed E-state index contributed by atoms with van der Waals surface area (Å²) < 4.78 is 0.992. The first-order valence-corrected chi connectivity index (χ1v) is 6.13. The molecular weight excluding hydrogens is 296 g/mol. The summed E-state index contributed by atoms with van der Waals surface area (Å²) in [7, 11) is 0. The second kappa shape index (κ2) is 5.64. The Morgan fingerprint density at radius 3 is 2.89 bits per heavy atom. The zero-order chi connectivity index (χ0) is 13.0. The summed E-state index contributed by atoms with van der Waals surface area (Å²) in [6.07, 6.45) is 1.47. The summed E-state index contributed by atoms with van der Waals surface area (Å²) in [5.74, 6) is -1.03. The molecule has 4 nitrogen and oxygen atoms in total. The summed E-state index contributed by atoms with van der Waals surface area (Å²) in [4.78, 5) is 14.8. The maximum absolute atomic E-state index is 11.0. The van der Waals surface area contributed by atoms with E-state index in [1.54, 1.807) is 12.1 Å². The van der Waals surface area contributed by atoms with E-state index in [1.165, 1.54) is 6.20 Å². The van der Waals surface area contributed by atoms with Crippen molar-refractivity contribution in [2.75, 3.05) is 5.32 Å². The molecule has 0 aliphatic rings. The fourth-order valence-electron chi connectivity index (χ4n) is 1.56. The topological polar surface area (TPSA) is 62.2 Å². The normalized spacial score (nSPS) is 10.1. The first kappa shape index (κ1) is 12.6. The van der Waals surface area contributed by atoms with Crippen LogP contribution in [0, 0.1) is 0 Å². The van der Waals surface area contributed by atoms with Gasteiger partial charge in [-0.2, -0.15) is 0 Å². The fraction of sp³-hybridized carbons (Fsp3) is 0.0769. The lowest BCUT2D eigenvalue weighted by Crippen LogP contribution is -2.08. The van der Waals surface area contributed by atoms with Crippen molar-refractivity contribution in [3.05, 3.63) is 58.3 Å². The van der Waals surface area contributed by atoms with Crippen LogP contribution in [0.5, 0.6) is 0 Å². The lowest BCUT2D eigenvalue weighted by molar-refractivity contribution is 0.0691. The summed E-state index contributed by atoms with van der Waals surface area (Å²) in [5.41, 5.74) is 1.61. The molecule has 0 fully saturated rings. The zero-order valence-electron chi connectivity index (χ0n) is 9.43. The third-order valence-corrected chi connectivity index (χ3v) is 2.88. The Bertz CT molecular complexity index is 572. The van der Waals surface area contributed by atoms with Gasteiger partial charge in [0.15, 0.2) is 5.69 Å². The molecule has 0 amide bonds. The average Bonchev–Trinajstić information content (AvgIpc) is 2.37. The minimum atomic E-state index is -1.03. The van der Waals surface area contributed by atoms with Crippen LogP contribution in [-0.2, 0) is 6.54 Å². The van der Waals surface area contributed by atoms with Crippen LogP contribution < -0.4 is 5.32 Å². The molecule has 0 spiro atoms. The zero-order valence-corrected chi connectivity index (χ0v) is 11.0. The largest absolute Gasteiger partial charge is 0.476 e. The highest BCUT2D eigenvalue weighted by Gasteiger charge is 2.10. The molecule has 2 rings (SSSR count). The van der Waals surface area contributed by atoms with E-state index in [0.29, 0.717) is 12.2 Å². The maximum atomic E-state index is 11.0. The third kappa shape index (κ3) is 3.07. The maximum Gasteiger partial charge on any atom is 0.356 e. The van der Waals surface area contributed by atoms with Crippen molar-refractivity contribution in [3.8, 4) is 0 Å². The van der Waals surface area contributed by atoms with Crippen molar-refractivity contribution in [3.63, 3.8) is 0 Å². The van der Waals surface area contributed by atoms with Crippen LogP contribution in [0.1, 0.15) is 16.1 Å². The van der Waals surface area contributed by atoms with E-state index >= 15 is 0 Å². The van der Waals surface area contributed by atoms with E-state index < -0.39 is 5.97 Å². The van der Waals surface area contributed by atoms with Gasteiger partial charge in [-0.05, 0) is 29.8 Å². The van der Waals surface area contributed by atoms with Crippen molar-refractivity contribution in [1.29, 1.82) is 0 Å². The first-order chi connectivity index (χ1) is 8.66. The summed E-state index contributed by atoms with van der Waals surface area (Å²) >= 11 is 3.39. The predicted molar refractivity (Wildman–Crippen MR) is 72.7 cm³/mol. The molecule has 0 atom stereocenters. The number of halogens is 1. The molecule has 0 unspecified atom stereocenters. The smallest absolute Gasteiger partial charge is 0.356 e. The van der Waals surface area contributed by atoms with Crippen LogP contribution in [-0.4, -0.2) is 16.1 Å². The van der Waals surface area contributed by atoms with Crippen LogP contribution in [0.15, 0.2) is 47.1 Å². The molecule has 5 heteroatoms. The van der Waals surface area contributed by atoms with Gasteiger partial charge in [0, 0.05) is 17.2 Å². The van der Waals surface area contributed by atoms with Gasteiger partial charge in [-0.25, -0.2) is 9.78 Å². The average molecular weight is 307 g/mol. The Hall–Kier alpha value is -1.88. The van der Waals surface area contributed by atoms with Crippen LogP contribution in [0.3, 0.4) is 0 Å². The van der Waals surface area contributed by atoms with E-state index in [0.717, 1.165) is 10.0 Å². The molecule has 2 aromatic rings. The van der Waals surface area contributed by atoms with Crippen molar-refractivity contribution in [2.45, 2.75) is 6.54 Å². The molecule has 0 aliphatic carbocycles. The minimum Gasteiger partial charge on any atom is -0.476 e. The fourth-order valence-corrected chi connectivity index (χ4v) is 2.01. The number of benzene rings is 1. The number of nitrogens with zero attached hydrogens (tertiary/aromatic N) is 1. The SMILES string of the molecule is O=C(O)c1ncccc1NCc1cccc(Br)c1. The van der Waals surface area contributed by atoms with Crippen molar-refractivity contribution < 1.29 is 9.90 Å². The van der Waals surface area contributed by atoms with E-state index in [1.807, 2.05) is 24.3 Å². The van der Waals surface area contributed by atoms with Gasteiger partial charge in [-0.15, -0.1) is 0 Å². The van der Waals surface area contributed by atoms with E-state index in [-0.39, 0.29) is 5.69 Å². The Morgan fingerprint density at radius 1 is 1.33 bits per heavy atom. The van der Waals surface area contributed by atoms with Crippen LogP contribution >= 0.6 is 15.9 Å². The Kier molecular flexibility index (Phi) is 3.94. The lowest BCUT2D eigenvalue weighted by atomic mass is 10.2. The number of rotatable bonds is 4. The van der Waals surface area contributed by atoms with Gasteiger partial charge < -0.3 is 10.4 Å². The van der Waals surface area contributed by atoms with Gasteiger partial charge >= 0.3 is 5.97 Å². The number of carboxylic acid groups (broad SMARTS) is 1. The number of hydrogen-bond acceptors (Lipinski definition) is 3. The van der Waals surface area contributed by atoms with Crippen LogP contribution in [0.25, 0.3) is 0 Å². The second-order valence-corrected chi connectivity index (χ2v) is 4.60. The van der Waals surface area contributed by atoms with Crippen LogP contribution in [0.2, 0.25) is 0 Å². The van der Waals surface area contributed by atoms with Crippen LogP contribution in [0.4, 0.5) is 5.69 Å². The molecule has 1 aromatic carbocycles. The lowest BCUT2D eigenvalue weighted by Gasteiger charge is -2.08. The van der Waals surface area contributed by atoms with Crippen molar-refractivity contribution in [1.82, 2.24) is 4.98 Å². The predicted octanol–water partition coefficient (Wildman–Crippen LogP) is 3.15. The number of aromatic carboxylic acids is 1. The number of anilines is 1. The molecule has 92 valence electrons. The van der Waals surface area contributed by atoms with E-state index in [4.69, 9.17) is 5.11 Å². The van der Waals surface area contributed by atoms with Gasteiger partial charge in [0.05, 0.1) is 5.69 Å². The number of hydrogen-bond donors (Lipinski definition) is 2. The standard InChI is InChI=1S/C13H11BrN2O2/c14-10-4-1-3-9(7-10)8-16-11-5-2-6-15-12(11)13(17)18/h1-7,16H,8H2,(H,17,18). The molecular formula is C13H11BrN2O2. The number of aromatic nitrogens is 1. The van der Waals surface area contributed by atoms with Gasteiger partial charge in [0.1, 0.15) is 0 Å². The summed E-state index contributed by atoms with van der Waals surface area (Å²) in [5, 5.41) is 12.1. The molecule has 0 saturated heterocycles. The van der Waals surface area contributed by atoms with Crippen molar-refractivity contribution >= 4 is 27.6 Å². The quantitative estimate of drug-likeness (QED) is 0.911. The van der Waals surface area contributed by atoms with Gasteiger partial charge in [-0.3, -0.25) is 0 Å². The summed E-state index contributed by atoms with van der Waals surface area (Å²) in [6.45, 7) is 0.547. The van der Waals surface area contributed by atoms with Crippen molar-refractivity contribution in [2.24, 2.45) is 0 Å². The molecule has 1 aromatic heterocycles. The van der Waals surface area contributed by atoms with E-state index in [9.17, 15) is 4.79 Å². The molecule has 0 saturated carbocycles. The monoisotopic (exact) mass is 306 g/mol.